The molecule has 1 fully saturated rings. The predicted molar refractivity (Wildman–Crippen MR) is 71.8 cm³/mol. The summed E-state index contributed by atoms with van der Waals surface area (Å²) in [7, 11) is 0. The minimum atomic E-state index is -0.113. The largest absolute Gasteiger partial charge is 0.398 e. The zero-order chi connectivity index (χ0) is 13.1. The smallest absolute Gasteiger partial charge is 0.251 e. The van der Waals surface area contributed by atoms with Crippen molar-refractivity contribution in [1.82, 2.24) is 5.32 Å². The Hall–Kier alpha value is -1.26. The maximum absolute atomic E-state index is 12.0. The lowest BCUT2D eigenvalue weighted by Crippen LogP contribution is -2.41. The average Bonchev–Trinajstić information content (AvgIpc) is 2.32. The molecule has 2 unspecified atom stereocenters. The average molecular weight is 269 g/mol. The Morgan fingerprint density at radius 2 is 2.33 bits per heavy atom. The van der Waals surface area contributed by atoms with Gasteiger partial charge in [-0.1, -0.05) is 11.6 Å². The lowest BCUT2D eigenvalue weighted by atomic mass is 10.0. The van der Waals surface area contributed by atoms with Crippen LogP contribution in [0.1, 0.15) is 30.1 Å². The molecular weight excluding hydrogens is 252 g/mol. The molecule has 3 N–H and O–H groups in total. The van der Waals surface area contributed by atoms with Gasteiger partial charge in [-0.15, -0.1) is 0 Å². The molecule has 1 amide bonds. The van der Waals surface area contributed by atoms with Crippen LogP contribution in [0.2, 0.25) is 5.02 Å². The van der Waals surface area contributed by atoms with E-state index in [2.05, 4.69) is 5.32 Å². The van der Waals surface area contributed by atoms with Crippen LogP contribution in [-0.2, 0) is 4.74 Å². The highest BCUT2D eigenvalue weighted by molar-refractivity contribution is 6.33. The van der Waals surface area contributed by atoms with Gasteiger partial charge in [0.2, 0.25) is 0 Å². The molecule has 1 aromatic carbocycles. The number of ether oxygens (including phenoxy) is 1. The number of nitrogens with one attached hydrogen (secondary N) is 1. The van der Waals surface area contributed by atoms with Gasteiger partial charge in [0.1, 0.15) is 0 Å². The van der Waals surface area contributed by atoms with Crippen molar-refractivity contribution in [2.45, 2.75) is 31.9 Å². The molecule has 1 saturated heterocycles. The van der Waals surface area contributed by atoms with Crippen molar-refractivity contribution in [2.24, 2.45) is 0 Å². The molecule has 1 aromatic rings. The molecule has 98 valence electrons. The van der Waals surface area contributed by atoms with Crippen molar-refractivity contribution in [3.05, 3.63) is 28.8 Å². The maximum Gasteiger partial charge on any atom is 0.251 e. The lowest BCUT2D eigenvalue weighted by Gasteiger charge is -2.28. The molecule has 0 aromatic heterocycles. The van der Waals surface area contributed by atoms with Crippen molar-refractivity contribution in [2.75, 3.05) is 12.3 Å². The number of anilines is 1. The molecule has 1 aliphatic rings. The third kappa shape index (κ3) is 3.15. The van der Waals surface area contributed by atoms with E-state index in [1.807, 2.05) is 6.92 Å². The van der Waals surface area contributed by atoms with Crippen molar-refractivity contribution in [3.63, 3.8) is 0 Å². The first kappa shape index (κ1) is 13.2. The van der Waals surface area contributed by atoms with E-state index >= 15 is 0 Å². The number of hydrogen-bond donors (Lipinski definition) is 2. The highest BCUT2D eigenvalue weighted by atomic mass is 35.5. The van der Waals surface area contributed by atoms with Crippen LogP contribution in [0.5, 0.6) is 0 Å². The van der Waals surface area contributed by atoms with E-state index in [-0.39, 0.29) is 18.1 Å². The molecule has 5 heteroatoms. The summed E-state index contributed by atoms with van der Waals surface area (Å²) in [5.74, 6) is -0.113. The molecule has 0 aliphatic carbocycles. The molecule has 4 nitrogen and oxygen atoms in total. The van der Waals surface area contributed by atoms with Gasteiger partial charge in [-0.05, 0) is 38.0 Å². The van der Waals surface area contributed by atoms with Crippen molar-refractivity contribution in [1.29, 1.82) is 0 Å². The Bertz CT molecular complexity index is 451. The SMILES string of the molecule is CC1CC(NC(=O)c2ccc(Cl)c(N)c2)CCO1. The molecule has 2 atom stereocenters. The van der Waals surface area contributed by atoms with E-state index in [0.29, 0.717) is 22.9 Å². The van der Waals surface area contributed by atoms with Crippen LogP contribution in [0, 0.1) is 0 Å². The van der Waals surface area contributed by atoms with Gasteiger partial charge in [-0.25, -0.2) is 0 Å². The second kappa shape index (κ2) is 5.59. The van der Waals surface area contributed by atoms with Crippen LogP contribution < -0.4 is 11.1 Å². The fourth-order valence-electron chi connectivity index (χ4n) is 2.08. The number of halogens is 1. The van der Waals surface area contributed by atoms with Crippen LogP contribution >= 0.6 is 11.6 Å². The normalized spacial score (nSPS) is 23.7. The van der Waals surface area contributed by atoms with E-state index in [0.717, 1.165) is 12.8 Å². The minimum absolute atomic E-state index is 0.113. The minimum Gasteiger partial charge on any atom is -0.398 e. The van der Waals surface area contributed by atoms with Gasteiger partial charge >= 0.3 is 0 Å². The molecule has 0 saturated carbocycles. The molecule has 0 spiro atoms. The van der Waals surface area contributed by atoms with Gasteiger partial charge in [0.25, 0.3) is 5.91 Å². The summed E-state index contributed by atoms with van der Waals surface area (Å²) >= 11 is 5.82. The van der Waals surface area contributed by atoms with E-state index in [1.54, 1.807) is 18.2 Å². The highest BCUT2D eigenvalue weighted by Gasteiger charge is 2.21. The monoisotopic (exact) mass is 268 g/mol. The Kier molecular flexibility index (Phi) is 4.09. The third-order valence-electron chi connectivity index (χ3n) is 3.08. The van der Waals surface area contributed by atoms with E-state index in [4.69, 9.17) is 22.1 Å². The van der Waals surface area contributed by atoms with Crippen LogP contribution in [0.25, 0.3) is 0 Å². The first-order chi connectivity index (χ1) is 8.56. The summed E-state index contributed by atoms with van der Waals surface area (Å²) < 4.78 is 5.44. The number of amides is 1. The van der Waals surface area contributed by atoms with Gasteiger partial charge < -0.3 is 15.8 Å². The predicted octanol–water partition coefficient (Wildman–Crippen LogP) is 2.22. The Labute approximate surface area is 111 Å². The van der Waals surface area contributed by atoms with Crippen molar-refractivity contribution in [3.8, 4) is 0 Å². The van der Waals surface area contributed by atoms with Crippen LogP contribution in [-0.4, -0.2) is 24.7 Å². The molecule has 0 radical (unpaired) electrons. The summed E-state index contributed by atoms with van der Waals surface area (Å²) in [4.78, 5) is 12.0. The van der Waals surface area contributed by atoms with E-state index in [9.17, 15) is 4.79 Å². The Morgan fingerprint density at radius 1 is 1.56 bits per heavy atom. The summed E-state index contributed by atoms with van der Waals surface area (Å²) in [5.41, 5.74) is 6.64. The van der Waals surface area contributed by atoms with Crippen LogP contribution in [0.3, 0.4) is 0 Å². The van der Waals surface area contributed by atoms with Gasteiger partial charge in [0, 0.05) is 18.2 Å². The number of benzene rings is 1. The number of carbonyl (C=O) groups excluding carboxylic acids is 1. The Morgan fingerprint density at radius 3 is 3.00 bits per heavy atom. The summed E-state index contributed by atoms with van der Waals surface area (Å²) in [6, 6.07) is 5.08. The highest BCUT2D eigenvalue weighted by Crippen LogP contribution is 2.20. The van der Waals surface area contributed by atoms with Gasteiger partial charge in [0.15, 0.2) is 0 Å². The van der Waals surface area contributed by atoms with Crippen molar-refractivity contribution < 1.29 is 9.53 Å². The molecule has 2 rings (SSSR count). The van der Waals surface area contributed by atoms with Gasteiger partial charge in [-0.2, -0.15) is 0 Å². The molecule has 1 heterocycles. The zero-order valence-corrected chi connectivity index (χ0v) is 11.0. The number of rotatable bonds is 2. The second-order valence-corrected chi connectivity index (χ2v) is 5.02. The number of nitrogens with two attached hydrogens (primary N) is 1. The molecule has 1 aliphatic heterocycles. The molecule has 0 bridgehead atoms. The third-order valence-corrected chi connectivity index (χ3v) is 3.42. The summed E-state index contributed by atoms with van der Waals surface area (Å²) in [6.07, 6.45) is 1.88. The first-order valence-corrected chi connectivity index (χ1v) is 6.41. The van der Waals surface area contributed by atoms with Gasteiger partial charge in [0.05, 0.1) is 16.8 Å². The lowest BCUT2D eigenvalue weighted by molar-refractivity contribution is 0.0136. The standard InChI is InChI=1S/C13H17ClN2O2/c1-8-6-10(4-5-18-8)16-13(17)9-2-3-11(14)12(15)7-9/h2-3,7-8,10H,4-6,15H2,1H3,(H,16,17). The molecule has 18 heavy (non-hydrogen) atoms. The van der Waals surface area contributed by atoms with E-state index < -0.39 is 0 Å². The van der Waals surface area contributed by atoms with Crippen LogP contribution in [0.15, 0.2) is 18.2 Å². The zero-order valence-electron chi connectivity index (χ0n) is 10.3. The second-order valence-electron chi connectivity index (χ2n) is 4.61. The summed E-state index contributed by atoms with van der Waals surface area (Å²) in [6.45, 7) is 2.70. The number of hydrogen-bond acceptors (Lipinski definition) is 3. The maximum atomic E-state index is 12.0. The van der Waals surface area contributed by atoms with Crippen LogP contribution in [0.4, 0.5) is 5.69 Å². The first-order valence-electron chi connectivity index (χ1n) is 6.03. The molecular formula is C13H17ClN2O2. The van der Waals surface area contributed by atoms with E-state index in [1.165, 1.54) is 0 Å². The topological polar surface area (TPSA) is 64.4 Å². The quantitative estimate of drug-likeness (QED) is 0.809. The van der Waals surface area contributed by atoms with Crippen molar-refractivity contribution >= 4 is 23.2 Å². The van der Waals surface area contributed by atoms with Gasteiger partial charge in [-0.3, -0.25) is 4.79 Å². The summed E-state index contributed by atoms with van der Waals surface area (Å²) in [5, 5.41) is 3.46. The Balaban J connectivity index is 2.00. The number of carbonyl (C=O) groups is 1. The fraction of sp³-hybridized carbons (Fsp3) is 0.462. The number of nitrogen functional groups attached to an aromatic ring is 1. The fourth-order valence-corrected chi connectivity index (χ4v) is 2.20.